The van der Waals surface area contributed by atoms with Crippen LogP contribution in [0.2, 0.25) is 0 Å². The van der Waals surface area contributed by atoms with E-state index >= 15 is 0 Å². The largest absolute Gasteiger partial charge is 0.497 e. The Hall–Kier alpha value is -3.04. The van der Waals surface area contributed by atoms with Crippen molar-refractivity contribution in [3.8, 4) is 5.75 Å². The molecule has 0 radical (unpaired) electrons. The number of hydrogen-bond donors (Lipinski definition) is 3. The molecule has 0 bridgehead atoms. The maximum absolute atomic E-state index is 14.0. The van der Waals surface area contributed by atoms with Gasteiger partial charge in [0.05, 0.1) is 24.5 Å². The fourth-order valence-electron chi connectivity index (χ4n) is 5.48. The Morgan fingerprint density at radius 1 is 1.13 bits per heavy atom. The molecule has 1 saturated carbocycles. The van der Waals surface area contributed by atoms with Gasteiger partial charge in [-0.3, -0.25) is 9.59 Å². The maximum Gasteiger partial charge on any atom is 0.226 e. The van der Waals surface area contributed by atoms with Gasteiger partial charge in [0.1, 0.15) is 17.4 Å². The minimum atomic E-state index is -1.31. The van der Waals surface area contributed by atoms with Crippen LogP contribution in [0.1, 0.15) is 44.2 Å². The predicted molar refractivity (Wildman–Crippen MR) is 141 cm³/mol. The highest BCUT2D eigenvalue weighted by Crippen LogP contribution is 2.60. The third kappa shape index (κ3) is 6.88. The summed E-state index contributed by atoms with van der Waals surface area (Å²) in [7, 11) is 1.58. The van der Waals surface area contributed by atoms with E-state index in [1.54, 1.807) is 12.0 Å². The molecule has 0 heterocycles. The molecule has 38 heavy (non-hydrogen) atoms. The van der Waals surface area contributed by atoms with Gasteiger partial charge in [0.2, 0.25) is 11.8 Å². The number of aliphatic hydroxyl groups excluding tert-OH is 1. The highest BCUT2D eigenvalue weighted by atomic mass is 19.1. The summed E-state index contributed by atoms with van der Waals surface area (Å²) < 4.78 is 33.3. The van der Waals surface area contributed by atoms with Crippen molar-refractivity contribution >= 4 is 11.8 Å². The fourth-order valence-corrected chi connectivity index (χ4v) is 5.48. The van der Waals surface area contributed by atoms with E-state index in [4.69, 9.17) is 10.5 Å². The van der Waals surface area contributed by atoms with E-state index in [1.165, 1.54) is 12.1 Å². The van der Waals surface area contributed by atoms with Crippen molar-refractivity contribution in [1.82, 2.24) is 10.2 Å². The Labute approximate surface area is 223 Å². The number of carbonyl (C=O) groups is 2. The second kappa shape index (κ2) is 13.2. The standard InChI is InChI=1S/C29H39F2N3O4/c1-4-9-34(10-5-2)27(36)25-16-29(25,28(32)37)24(14-20-11-21(30)15-22(31)12-20)26(35)18-33-17-19-7-6-8-23(13-19)38-3/h6-8,11-13,15,24-26,33,35H,4-5,9-10,14,16-18H2,1-3H3,(H2,32,37)/t24-,25?,26+,29?/m1/s1. The van der Waals surface area contributed by atoms with Crippen molar-refractivity contribution in [2.75, 3.05) is 26.7 Å². The monoisotopic (exact) mass is 531 g/mol. The van der Waals surface area contributed by atoms with E-state index in [9.17, 15) is 23.5 Å². The van der Waals surface area contributed by atoms with Crippen LogP contribution in [-0.2, 0) is 22.6 Å². The average molecular weight is 532 g/mol. The predicted octanol–water partition coefficient (Wildman–Crippen LogP) is 3.42. The number of primary amides is 1. The normalized spacial score (nSPS) is 20.0. The van der Waals surface area contributed by atoms with Gasteiger partial charge in [0, 0.05) is 38.2 Å². The zero-order valence-corrected chi connectivity index (χ0v) is 22.4. The maximum atomic E-state index is 14.0. The summed E-state index contributed by atoms with van der Waals surface area (Å²) in [6.07, 6.45) is 0.615. The third-order valence-corrected chi connectivity index (χ3v) is 7.38. The summed E-state index contributed by atoms with van der Waals surface area (Å²) in [6, 6.07) is 10.6. The molecule has 0 saturated heterocycles. The molecule has 0 aromatic heterocycles. The first-order chi connectivity index (χ1) is 18.2. The summed E-state index contributed by atoms with van der Waals surface area (Å²) in [4.78, 5) is 28.1. The lowest BCUT2D eigenvalue weighted by Crippen LogP contribution is -2.46. The van der Waals surface area contributed by atoms with Gasteiger partial charge in [-0.25, -0.2) is 8.78 Å². The lowest BCUT2D eigenvalue weighted by atomic mass is 9.77. The van der Waals surface area contributed by atoms with Crippen molar-refractivity contribution in [3.63, 3.8) is 0 Å². The van der Waals surface area contributed by atoms with Crippen LogP contribution in [0.15, 0.2) is 42.5 Å². The molecule has 2 aromatic carbocycles. The van der Waals surface area contributed by atoms with Crippen LogP contribution in [0.5, 0.6) is 5.75 Å². The van der Waals surface area contributed by atoms with E-state index in [0.717, 1.165) is 24.5 Å². The third-order valence-electron chi connectivity index (χ3n) is 7.38. The number of ether oxygens (including phenoxy) is 1. The topological polar surface area (TPSA) is 105 Å². The van der Waals surface area contributed by atoms with Crippen molar-refractivity contribution in [2.45, 2.75) is 52.2 Å². The number of hydrogen-bond acceptors (Lipinski definition) is 5. The number of carbonyl (C=O) groups excluding carboxylic acids is 2. The Kier molecular flexibility index (Phi) is 10.2. The van der Waals surface area contributed by atoms with Gasteiger partial charge in [0.25, 0.3) is 0 Å². The van der Waals surface area contributed by atoms with Crippen LogP contribution >= 0.6 is 0 Å². The Bertz CT molecular complexity index is 1090. The molecule has 2 aromatic rings. The fraction of sp³-hybridized carbons (Fsp3) is 0.517. The number of benzene rings is 2. The van der Waals surface area contributed by atoms with Crippen molar-refractivity contribution in [1.29, 1.82) is 0 Å². The van der Waals surface area contributed by atoms with Gasteiger partial charge in [-0.1, -0.05) is 26.0 Å². The number of nitrogens with two attached hydrogens (primary N) is 1. The number of nitrogens with one attached hydrogen (secondary N) is 1. The molecule has 4 N–H and O–H groups in total. The smallest absolute Gasteiger partial charge is 0.226 e. The van der Waals surface area contributed by atoms with Crippen molar-refractivity contribution in [2.24, 2.45) is 23.0 Å². The van der Waals surface area contributed by atoms with Crippen LogP contribution in [0.25, 0.3) is 0 Å². The van der Waals surface area contributed by atoms with Gasteiger partial charge in [0.15, 0.2) is 0 Å². The summed E-state index contributed by atoms with van der Waals surface area (Å²) >= 11 is 0. The lowest BCUT2D eigenvalue weighted by molar-refractivity contribution is -0.138. The molecule has 2 amide bonds. The average Bonchev–Trinajstić information content (AvgIpc) is 3.63. The molecule has 1 aliphatic carbocycles. The molecule has 1 aliphatic rings. The van der Waals surface area contributed by atoms with Crippen molar-refractivity contribution < 1.29 is 28.2 Å². The number of aliphatic hydroxyl groups is 1. The van der Waals surface area contributed by atoms with Crippen LogP contribution in [0.4, 0.5) is 8.78 Å². The summed E-state index contributed by atoms with van der Waals surface area (Å²) in [6.45, 7) is 5.57. The molecule has 0 aliphatic heterocycles. The van der Waals surface area contributed by atoms with Crippen molar-refractivity contribution in [3.05, 3.63) is 65.2 Å². The van der Waals surface area contributed by atoms with E-state index in [1.807, 2.05) is 38.1 Å². The first-order valence-electron chi connectivity index (χ1n) is 13.2. The zero-order chi connectivity index (χ0) is 27.9. The molecular weight excluding hydrogens is 492 g/mol. The van der Waals surface area contributed by atoms with Gasteiger partial charge in [-0.15, -0.1) is 0 Å². The molecule has 3 rings (SSSR count). The number of halogens is 2. The Morgan fingerprint density at radius 2 is 1.79 bits per heavy atom. The SMILES string of the molecule is CCCN(CCC)C(=O)C1CC1(C(N)=O)[C@H](Cc1cc(F)cc(F)c1)[C@@H](O)CNCc1cccc(OC)c1. The Morgan fingerprint density at radius 3 is 2.37 bits per heavy atom. The molecule has 4 atom stereocenters. The highest BCUT2D eigenvalue weighted by Gasteiger charge is 2.68. The first kappa shape index (κ1) is 29.5. The summed E-state index contributed by atoms with van der Waals surface area (Å²) in [5.74, 6) is -3.16. The first-order valence-corrected chi connectivity index (χ1v) is 13.2. The van der Waals surface area contributed by atoms with E-state index in [-0.39, 0.29) is 30.9 Å². The number of nitrogens with zero attached hydrogens (tertiary/aromatic N) is 1. The highest BCUT2D eigenvalue weighted by molar-refractivity contribution is 5.95. The zero-order valence-electron chi connectivity index (χ0n) is 22.4. The summed E-state index contributed by atoms with van der Waals surface area (Å²) in [5.41, 5.74) is 5.82. The quantitative estimate of drug-likeness (QED) is 0.327. The van der Waals surface area contributed by atoms with Crippen LogP contribution < -0.4 is 15.8 Å². The molecule has 208 valence electrons. The van der Waals surface area contributed by atoms with E-state index in [2.05, 4.69) is 5.32 Å². The van der Waals surface area contributed by atoms with Gasteiger partial charge in [-0.05, 0) is 61.1 Å². The minimum Gasteiger partial charge on any atom is -0.497 e. The van der Waals surface area contributed by atoms with E-state index in [0.29, 0.717) is 25.4 Å². The Balaban J connectivity index is 1.86. The molecule has 9 heteroatoms. The van der Waals surface area contributed by atoms with Gasteiger partial charge in [-0.2, -0.15) is 0 Å². The number of methoxy groups -OCH3 is 1. The van der Waals surface area contributed by atoms with Crippen LogP contribution in [0, 0.1) is 28.9 Å². The molecule has 0 spiro atoms. The number of amides is 2. The van der Waals surface area contributed by atoms with Gasteiger partial charge < -0.3 is 25.8 Å². The van der Waals surface area contributed by atoms with Gasteiger partial charge >= 0.3 is 0 Å². The molecule has 2 unspecified atom stereocenters. The lowest BCUT2D eigenvalue weighted by Gasteiger charge is -2.32. The number of rotatable bonds is 15. The van der Waals surface area contributed by atoms with E-state index < -0.39 is 40.9 Å². The minimum absolute atomic E-state index is 0.00897. The molecule has 1 fully saturated rings. The second-order valence-corrected chi connectivity index (χ2v) is 10.1. The van der Waals surface area contributed by atoms with Crippen LogP contribution in [-0.4, -0.2) is 54.7 Å². The molecular formula is C29H39F2N3O4. The second-order valence-electron chi connectivity index (χ2n) is 10.1. The van der Waals surface area contributed by atoms with Crippen LogP contribution in [0.3, 0.4) is 0 Å². The molecule has 7 nitrogen and oxygen atoms in total. The summed E-state index contributed by atoms with van der Waals surface area (Å²) in [5, 5.41) is 14.5.